The van der Waals surface area contributed by atoms with E-state index in [1.165, 1.54) is 22.5 Å². The number of hydrogen-bond donors (Lipinski definition) is 1. The van der Waals surface area contributed by atoms with E-state index in [1.807, 2.05) is 24.3 Å². The number of hydrogen-bond acceptors (Lipinski definition) is 5. The molecule has 2 aromatic heterocycles. The molecule has 1 N–H and O–H groups in total. The van der Waals surface area contributed by atoms with E-state index in [1.54, 1.807) is 17.5 Å². The first-order chi connectivity index (χ1) is 14.7. The Morgan fingerprint density at radius 2 is 1.90 bits per heavy atom. The fourth-order valence-electron chi connectivity index (χ4n) is 4.53. The zero-order chi connectivity index (χ0) is 20.5. The molecule has 5 rings (SSSR count). The summed E-state index contributed by atoms with van der Waals surface area (Å²) in [5, 5.41) is 5.17. The highest BCUT2D eigenvalue weighted by Gasteiger charge is 2.26. The van der Waals surface area contributed by atoms with E-state index in [-0.39, 0.29) is 11.9 Å². The molecule has 7 heteroatoms. The van der Waals surface area contributed by atoms with Gasteiger partial charge in [-0.2, -0.15) is 0 Å². The Hall–Kier alpha value is -2.18. The minimum atomic E-state index is 0.0101. The summed E-state index contributed by atoms with van der Waals surface area (Å²) in [5.41, 5.74) is 1.70. The Labute approximate surface area is 185 Å². The Balaban J connectivity index is 1.19. The number of rotatable bonds is 4. The van der Waals surface area contributed by atoms with E-state index >= 15 is 0 Å². The molecule has 0 spiro atoms. The number of benzene rings is 1. The summed E-state index contributed by atoms with van der Waals surface area (Å²) < 4.78 is 1.19. The molecule has 1 amide bonds. The van der Waals surface area contributed by atoms with Gasteiger partial charge in [0.25, 0.3) is 5.91 Å². The fraction of sp³-hybridized carbons (Fsp3) is 0.435. The van der Waals surface area contributed by atoms with Crippen molar-refractivity contribution < 1.29 is 4.79 Å². The lowest BCUT2D eigenvalue weighted by atomic mass is 9.86. The van der Waals surface area contributed by atoms with Gasteiger partial charge < -0.3 is 10.2 Å². The number of thiazole rings is 1. The standard InChI is InChI=1S/C23H25ClN4OS/c24-17-5-8-20-19(14-17)27-23(30-20)15-3-6-18(7-4-15)26-22(29)16-9-10-25-21(13-16)28-11-1-2-12-28/h5,8-10,13-15,18H,1-4,6-7,11-12H2,(H,26,29). The highest BCUT2D eigenvalue weighted by atomic mass is 35.5. The largest absolute Gasteiger partial charge is 0.357 e. The quantitative estimate of drug-likeness (QED) is 0.590. The van der Waals surface area contributed by atoms with Crippen LogP contribution in [-0.4, -0.2) is 35.0 Å². The molecule has 0 bridgehead atoms. The third kappa shape index (κ3) is 4.16. The molecule has 2 fully saturated rings. The Morgan fingerprint density at radius 1 is 1.10 bits per heavy atom. The number of carbonyl (C=O) groups is 1. The molecule has 0 atom stereocenters. The van der Waals surface area contributed by atoms with E-state index in [2.05, 4.69) is 21.3 Å². The molecule has 30 heavy (non-hydrogen) atoms. The third-order valence-corrected chi connectivity index (χ3v) is 7.65. The number of anilines is 1. The molecule has 0 radical (unpaired) electrons. The third-order valence-electron chi connectivity index (χ3n) is 6.22. The molecule has 1 saturated carbocycles. The Bertz CT molecular complexity index is 1050. The van der Waals surface area contributed by atoms with Gasteiger partial charge in [0.15, 0.2) is 0 Å². The van der Waals surface area contributed by atoms with Gasteiger partial charge in [0, 0.05) is 41.8 Å². The van der Waals surface area contributed by atoms with Gasteiger partial charge in [0.05, 0.1) is 15.2 Å². The summed E-state index contributed by atoms with van der Waals surface area (Å²) >= 11 is 7.87. The SMILES string of the molecule is O=C(NC1CCC(c2nc3cc(Cl)ccc3s2)CC1)c1ccnc(N2CCCC2)c1. The van der Waals surface area contributed by atoms with Crippen LogP contribution in [0, 0.1) is 0 Å². The zero-order valence-electron chi connectivity index (χ0n) is 16.8. The summed E-state index contributed by atoms with van der Waals surface area (Å²) in [7, 11) is 0. The predicted octanol–water partition coefficient (Wildman–Crippen LogP) is 5.40. The lowest BCUT2D eigenvalue weighted by Gasteiger charge is -2.28. The zero-order valence-corrected chi connectivity index (χ0v) is 18.4. The monoisotopic (exact) mass is 440 g/mol. The molecule has 0 unspecified atom stereocenters. The molecular weight excluding hydrogens is 416 g/mol. The summed E-state index contributed by atoms with van der Waals surface area (Å²) in [6.45, 7) is 2.06. The van der Waals surface area contributed by atoms with Gasteiger partial charge in [-0.05, 0) is 68.9 Å². The second-order valence-electron chi connectivity index (χ2n) is 8.28. The molecular formula is C23H25ClN4OS. The second kappa shape index (κ2) is 8.52. The van der Waals surface area contributed by atoms with Crippen LogP contribution in [-0.2, 0) is 0 Å². The average molecular weight is 441 g/mol. The molecule has 1 aromatic carbocycles. The van der Waals surface area contributed by atoms with Crippen molar-refractivity contribution in [3.05, 3.63) is 52.1 Å². The van der Waals surface area contributed by atoms with Gasteiger partial charge >= 0.3 is 0 Å². The molecule has 156 valence electrons. The molecule has 2 aliphatic rings. The number of fused-ring (bicyclic) bond motifs is 1. The maximum Gasteiger partial charge on any atom is 0.251 e. The number of nitrogens with one attached hydrogen (secondary N) is 1. The van der Waals surface area contributed by atoms with E-state index in [4.69, 9.17) is 16.6 Å². The Morgan fingerprint density at radius 3 is 2.70 bits per heavy atom. The average Bonchev–Trinajstić information content (AvgIpc) is 3.44. The van der Waals surface area contributed by atoms with Crippen molar-refractivity contribution in [3.63, 3.8) is 0 Å². The van der Waals surface area contributed by atoms with Crippen molar-refractivity contribution in [2.24, 2.45) is 0 Å². The van der Waals surface area contributed by atoms with Crippen molar-refractivity contribution in [1.82, 2.24) is 15.3 Å². The van der Waals surface area contributed by atoms with Crippen LogP contribution in [0.1, 0.15) is 59.8 Å². The number of nitrogens with zero attached hydrogens (tertiary/aromatic N) is 3. The minimum absolute atomic E-state index is 0.0101. The number of pyridine rings is 1. The first-order valence-electron chi connectivity index (χ1n) is 10.7. The van der Waals surface area contributed by atoms with E-state index in [0.717, 1.165) is 55.1 Å². The normalized spacial score (nSPS) is 21.8. The number of carbonyl (C=O) groups excluding carboxylic acids is 1. The van der Waals surface area contributed by atoms with E-state index in [0.29, 0.717) is 11.5 Å². The number of aromatic nitrogens is 2. The molecule has 1 aliphatic heterocycles. The molecule has 3 aromatic rings. The van der Waals surface area contributed by atoms with Crippen LogP contribution < -0.4 is 10.2 Å². The predicted molar refractivity (Wildman–Crippen MR) is 123 cm³/mol. The first-order valence-corrected chi connectivity index (χ1v) is 11.9. The van der Waals surface area contributed by atoms with E-state index < -0.39 is 0 Å². The van der Waals surface area contributed by atoms with Crippen LogP contribution in [0.5, 0.6) is 0 Å². The van der Waals surface area contributed by atoms with Gasteiger partial charge in [0.2, 0.25) is 0 Å². The van der Waals surface area contributed by atoms with Crippen LogP contribution in [0.3, 0.4) is 0 Å². The minimum Gasteiger partial charge on any atom is -0.357 e. The highest BCUT2D eigenvalue weighted by molar-refractivity contribution is 7.18. The lowest BCUT2D eigenvalue weighted by Crippen LogP contribution is -2.37. The maximum absolute atomic E-state index is 12.8. The van der Waals surface area contributed by atoms with Crippen molar-refractivity contribution in [3.8, 4) is 0 Å². The smallest absolute Gasteiger partial charge is 0.251 e. The second-order valence-corrected chi connectivity index (χ2v) is 9.78. The van der Waals surface area contributed by atoms with Crippen molar-refractivity contribution in [2.75, 3.05) is 18.0 Å². The summed E-state index contributed by atoms with van der Waals surface area (Å²) in [6, 6.07) is 9.88. The first kappa shape index (κ1) is 19.8. The van der Waals surface area contributed by atoms with Crippen molar-refractivity contribution in [2.45, 2.75) is 50.5 Å². The highest BCUT2D eigenvalue weighted by Crippen LogP contribution is 2.37. The molecule has 1 aliphatic carbocycles. The fourth-order valence-corrected chi connectivity index (χ4v) is 5.81. The van der Waals surface area contributed by atoms with Crippen LogP contribution in [0.2, 0.25) is 5.02 Å². The summed E-state index contributed by atoms with van der Waals surface area (Å²) in [4.78, 5) is 24.3. The van der Waals surface area contributed by atoms with E-state index in [9.17, 15) is 4.79 Å². The van der Waals surface area contributed by atoms with Crippen LogP contribution in [0.25, 0.3) is 10.2 Å². The summed E-state index contributed by atoms with van der Waals surface area (Å²) in [6.07, 6.45) is 8.21. The number of halogens is 1. The van der Waals surface area contributed by atoms with Gasteiger partial charge in [-0.25, -0.2) is 9.97 Å². The number of amides is 1. The lowest BCUT2D eigenvalue weighted by molar-refractivity contribution is 0.0925. The van der Waals surface area contributed by atoms with Crippen molar-refractivity contribution in [1.29, 1.82) is 0 Å². The molecule has 1 saturated heterocycles. The maximum atomic E-state index is 12.8. The molecule has 5 nitrogen and oxygen atoms in total. The summed E-state index contributed by atoms with van der Waals surface area (Å²) in [5.74, 6) is 1.40. The van der Waals surface area contributed by atoms with Gasteiger partial charge in [0.1, 0.15) is 5.82 Å². The van der Waals surface area contributed by atoms with Crippen molar-refractivity contribution >= 4 is 44.9 Å². The molecule has 3 heterocycles. The van der Waals surface area contributed by atoms with Crippen LogP contribution in [0.15, 0.2) is 36.5 Å². The van der Waals surface area contributed by atoms with Gasteiger partial charge in [-0.1, -0.05) is 11.6 Å². The Kier molecular flexibility index (Phi) is 5.61. The van der Waals surface area contributed by atoms with Crippen LogP contribution in [0.4, 0.5) is 5.82 Å². The van der Waals surface area contributed by atoms with Crippen LogP contribution >= 0.6 is 22.9 Å². The van der Waals surface area contributed by atoms with Gasteiger partial charge in [-0.15, -0.1) is 11.3 Å². The van der Waals surface area contributed by atoms with Gasteiger partial charge in [-0.3, -0.25) is 4.79 Å². The topological polar surface area (TPSA) is 58.1 Å².